The average Bonchev–Trinajstić information content (AvgIpc) is 2.89. The van der Waals surface area contributed by atoms with Crippen molar-refractivity contribution in [2.45, 2.75) is 38.8 Å². The molecule has 0 saturated carbocycles. The molecule has 0 aliphatic heterocycles. The lowest BCUT2D eigenvalue weighted by molar-refractivity contribution is 0.506. The molecule has 102 valence electrons. The lowest BCUT2D eigenvalue weighted by Crippen LogP contribution is -2.21. The molecule has 2 aromatic rings. The SMILES string of the molecule is CCCn1cc(C(NC)C(C)c2ccccc2)cn1. The molecule has 3 heteroatoms. The van der Waals surface area contributed by atoms with Crippen LogP contribution in [0.1, 0.15) is 43.4 Å². The van der Waals surface area contributed by atoms with Crippen LogP contribution in [0.15, 0.2) is 42.7 Å². The normalized spacial score (nSPS) is 14.3. The number of likely N-dealkylation sites (N-methyl/N-ethyl adjacent to an activating group) is 1. The zero-order chi connectivity index (χ0) is 13.7. The highest BCUT2D eigenvalue weighted by Gasteiger charge is 2.20. The minimum atomic E-state index is 0.299. The van der Waals surface area contributed by atoms with Crippen LogP contribution in [0.3, 0.4) is 0 Å². The van der Waals surface area contributed by atoms with Gasteiger partial charge >= 0.3 is 0 Å². The van der Waals surface area contributed by atoms with Gasteiger partial charge < -0.3 is 5.32 Å². The van der Waals surface area contributed by atoms with Crippen molar-refractivity contribution in [1.82, 2.24) is 15.1 Å². The molecule has 0 amide bonds. The van der Waals surface area contributed by atoms with Gasteiger partial charge in [-0.2, -0.15) is 5.10 Å². The summed E-state index contributed by atoms with van der Waals surface area (Å²) in [5, 5.41) is 7.85. The van der Waals surface area contributed by atoms with Crippen LogP contribution >= 0.6 is 0 Å². The standard InChI is InChI=1S/C16H23N3/c1-4-10-19-12-15(11-18-19)16(17-3)13(2)14-8-6-5-7-9-14/h5-9,11-13,16-17H,4,10H2,1-3H3. The van der Waals surface area contributed by atoms with Crippen molar-refractivity contribution in [2.24, 2.45) is 0 Å². The largest absolute Gasteiger partial charge is 0.312 e. The number of hydrogen-bond acceptors (Lipinski definition) is 2. The van der Waals surface area contributed by atoms with E-state index in [2.05, 4.69) is 60.8 Å². The summed E-state index contributed by atoms with van der Waals surface area (Å²) in [5.41, 5.74) is 2.61. The number of hydrogen-bond donors (Lipinski definition) is 1. The highest BCUT2D eigenvalue weighted by atomic mass is 15.3. The molecule has 2 unspecified atom stereocenters. The van der Waals surface area contributed by atoms with E-state index in [0.717, 1.165) is 13.0 Å². The summed E-state index contributed by atoms with van der Waals surface area (Å²) in [6.45, 7) is 5.41. The summed E-state index contributed by atoms with van der Waals surface area (Å²) in [6, 6.07) is 10.9. The molecule has 1 N–H and O–H groups in total. The Hall–Kier alpha value is -1.61. The number of nitrogens with zero attached hydrogens (tertiary/aromatic N) is 2. The van der Waals surface area contributed by atoms with E-state index in [1.54, 1.807) is 0 Å². The van der Waals surface area contributed by atoms with Gasteiger partial charge in [0.25, 0.3) is 0 Å². The Kier molecular flexibility index (Phi) is 4.74. The van der Waals surface area contributed by atoms with Crippen LogP contribution in [-0.2, 0) is 6.54 Å². The maximum atomic E-state index is 4.43. The van der Waals surface area contributed by atoms with Crippen LogP contribution in [0.5, 0.6) is 0 Å². The second-order valence-electron chi connectivity index (χ2n) is 5.00. The molecular formula is C16H23N3. The van der Waals surface area contributed by atoms with Crippen LogP contribution in [0.25, 0.3) is 0 Å². The molecule has 1 aromatic heterocycles. The Morgan fingerprint density at radius 3 is 2.58 bits per heavy atom. The fraction of sp³-hybridized carbons (Fsp3) is 0.438. The Labute approximate surface area is 115 Å². The molecule has 19 heavy (non-hydrogen) atoms. The topological polar surface area (TPSA) is 29.9 Å². The summed E-state index contributed by atoms with van der Waals surface area (Å²) in [5.74, 6) is 0.422. The second kappa shape index (κ2) is 6.53. The first kappa shape index (κ1) is 13.8. The third-order valence-electron chi connectivity index (χ3n) is 3.60. The predicted molar refractivity (Wildman–Crippen MR) is 79.2 cm³/mol. The molecule has 0 aliphatic carbocycles. The van der Waals surface area contributed by atoms with Crippen molar-refractivity contribution < 1.29 is 0 Å². The molecule has 2 atom stereocenters. The van der Waals surface area contributed by atoms with Gasteiger partial charge in [0.1, 0.15) is 0 Å². The van der Waals surface area contributed by atoms with Crippen LogP contribution < -0.4 is 5.32 Å². The summed E-state index contributed by atoms with van der Waals surface area (Å²) >= 11 is 0. The van der Waals surface area contributed by atoms with Gasteiger partial charge in [-0.05, 0) is 19.0 Å². The van der Waals surface area contributed by atoms with E-state index >= 15 is 0 Å². The molecule has 0 bridgehead atoms. The summed E-state index contributed by atoms with van der Waals surface area (Å²) < 4.78 is 2.03. The summed E-state index contributed by atoms with van der Waals surface area (Å²) in [6.07, 6.45) is 5.25. The van der Waals surface area contributed by atoms with E-state index in [1.807, 2.05) is 17.9 Å². The Morgan fingerprint density at radius 2 is 1.95 bits per heavy atom. The first-order chi connectivity index (χ1) is 9.26. The van der Waals surface area contributed by atoms with Gasteiger partial charge in [0.2, 0.25) is 0 Å². The van der Waals surface area contributed by atoms with E-state index in [-0.39, 0.29) is 0 Å². The van der Waals surface area contributed by atoms with Gasteiger partial charge in [0.15, 0.2) is 0 Å². The molecule has 0 radical (unpaired) electrons. The lowest BCUT2D eigenvalue weighted by atomic mass is 9.90. The maximum Gasteiger partial charge on any atom is 0.0537 e. The van der Waals surface area contributed by atoms with E-state index in [1.165, 1.54) is 11.1 Å². The Balaban J connectivity index is 2.19. The van der Waals surface area contributed by atoms with Gasteiger partial charge in [0, 0.05) is 30.3 Å². The van der Waals surface area contributed by atoms with Crippen LogP contribution in [0, 0.1) is 0 Å². The van der Waals surface area contributed by atoms with Crippen molar-refractivity contribution in [1.29, 1.82) is 0 Å². The van der Waals surface area contributed by atoms with E-state index < -0.39 is 0 Å². The molecule has 1 heterocycles. The van der Waals surface area contributed by atoms with Gasteiger partial charge in [-0.15, -0.1) is 0 Å². The van der Waals surface area contributed by atoms with Crippen molar-refractivity contribution in [3.63, 3.8) is 0 Å². The minimum Gasteiger partial charge on any atom is -0.312 e. The summed E-state index contributed by atoms with van der Waals surface area (Å²) in [7, 11) is 2.02. The average molecular weight is 257 g/mol. The van der Waals surface area contributed by atoms with Crippen molar-refractivity contribution in [2.75, 3.05) is 7.05 Å². The molecule has 0 aliphatic rings. The smallest absolute Gasteiger partial charge is 0.0537 e. The number of aromatic nitrogens is 2. The number of benzene rings is 1. The quantitative estimate of drug-likeness (QED) is 0.860. The third-order valence-corrected chi connectivity index (χ3v) is 3.60. The molecule has 0 fully saturated rings. The van der Waals surface area contributed by atoms with Crippen molar-refractivity contribution >= 4 is 0 Å². The Morgan fingerprint density at radius 1 is 1.21 bits per heavy atom. The molecule has 2 rings (SSSR count). The number of rotatable bonds is 6. The predicted octanol–water partition coefficient (Wildman–Crippen LogP) is 3.36. The van der Waals surface area contributed by atoms with Gasteiger partial charge in [0.05, 0.1) is 6.20 Å². The highest BCUT2D eigenvalue weighted by molar-refractivity contribution is 5.25. The fourth-order valence-corrected chi connectivity index (χ4v) is 2.55. The van der Waals surface area contributed by atoms with E-state index in [0.29, 0.717) is 12.0 Å². The Bertz CT molecular complexity index is 490. The zero-order valence-corrected chi connectivity index (χ0v) is 12.0. The van der Waals surface area contributed by atoms with Crippen LogP contribution in [-0.4, -0.2) is 16.8 Å². The number of aryl methyl sites for hydroxylation is 1. The molecule has 0 saturated heterocycles. The molecule has 3 nitrogen and oxygen atoms in total. The van der Waals surface area contributed by atoms with Gasteiger partial charge in [-0.1, -0.05) is 44.2 Å². The first-order valence-corrected chi connectivity index (χ1v) is 7.00. The minimum absolute atomic E-state index is 0.299. The van der Waals surface area contributed by atoms with E-state index in [9.17, 15) is 0 Å². The third kappa shape index (κ3) is 3.24. The van der Waals surface area contributed by atoms with Crippen molar-refractivity contribution in [3.8, 4) is 0 Å². The monoisotopic (exact) mass is 257 g/mol. The van der Waals surface area contributed by atoms with Crippen LogP contribution in [0.4, 0.5) is 0 Å². The lowest BCUT2D eigenvalue weighted by Gasteiger charge is -2.23. The highest BCUT2D eigenvalue weighted by Crippen LogP contribution is 2.29. The summed E-state index contributed by atoms with van der Waals surface area (Å²) in [4.78, 5) is 0. The van der Waals surface area contributed by atoms with Crippen molar-refractivity contribution in [3.05, 3.63) is 53.9 Å². The van der Waals surface area contributed by atoms with E-state index in [4.69, 9.17) is 0 Å². The van der Waals surface area contributed by atoms with Crippen LogP contribution in [0.2, 0.25) is 0 Å². The van der Waals surface area contributed by atoms with Gasteiger partial charge in [-0.25, -0.2) is 0 Å². The molecule has 1 aromatic carbocycles. The second-order valence-corrected chi connectivity index (χ2v) is 5.00. The molecule has 0 spiro atoms. The zero-order valence-electron chi connectivity index (χ0n) is 12.0. The van der Waals surface area contributed by atoms with Gasteiger partial charge in [-0.3, -0.25) is 4.68 Å². The maximum absolute atomic E-state index is 4.43. The molecular weight excluding hydrogens is 234 g/mol. The fourth-order valence-electron chi connectivity index (χ4n) is 2.55. The number of nitrogens with one attached hydrogen (secondary N) is 1. The first-order valence-electron chi connectivity index (χ1n) is 7.00.